The van der Waals surface area contributed by atoms with Crippen molar-refractivity contribution in [3.8, 4) is 0 Å². The topological polar surface area (TPSA) is 81.4 Å². The van der Waals surface area contributed by atoms with Crippen molar-refractivity contribution < 1.29 is 4.79 Å². The van der Waals surface area contributed by atoms with Crippen molar-refractivity contribution in [1.82, 2.24) is 24.4 Å². The van der Waals surface area contributed by atoms with Gasteiger partial charge in [-0.15, -0.1) is 5.10 Å². The monoisotopic (exact) mass is 570 g/mol. The molecule has 3 aliphatic rings. The third kappa shape index (κ3) is 5.89. The largest absolute Gasteiger partial charge is 0.368 e. The highest BCUT2D eigenvalue weighted by Gasteiger charge is 2.42. The normalized spacial score (nSPS) is 20.5. The second-order valence-electron chi connectivity index (χ2n) is 12.7. The van der Waals surface area contributed by atoms with Crippen LogP contribution in [0.15, 0.2) is 47.6 Å². The van der Waals surface area contributed by atoms with E-state index in [9.17, 15) is 4.79 Å². The third-order valence-corrected chi connectivity index (χ3v) is 10.3. The molecule has 1 amide bonds. The van der Waals surface area contributed by atoms with Crippen molar-refractivity contribution in [2.24, 2.45) is 16.3 Å². The van der Waals surface area contributed by atoms with E-state index in [1.54, 1.807) is 0 Å². The van der Waals surface area contributed by atoms with Crippen LogP contribution in [0.25, 0.3) is 5.65 Å². The molecular weight excluding hydrogens is 524 g/mol. The SMILES string of the molecule is C/N=C\CC1(C2CCCC2)CCN(c2cccn3nc(Nc4ccc(C(=O)N(C)C5CCN(C)CC5)cc4)nc23)CC1. The molecule has 224 valence electrons. The van der Waals surface area contributed by atoms with E-state index in [0.29, 0.717) is 23.0 Å². The molecule has 0 unspecified atom stereocenters. The lowest BCUT2D eigenvalue weighted by molar-refractivity contribution is 0.0659. The van der Waals surface area contributed by atoms with E-state index in [2.05, 4.69) is 45.5 Å². The number of nitrogens with zero attached hydrogens (tertiary/aromatic N) is 7. The molecular formula is C33H46N8O. The highest BCUT2D eigenvalue weighted by Crippen LogP contribution is 2.49. The summed E-state index contributed by atoms with van der Waals surface area (Å²) in [5.74, 6) is 1.46. The van der Waals surface area contributed by atoms with Crippen LogP contribution in [0.2, 0.25) is 0 Å². The molecule has 3 aromatic rings. The molecule has 0 bridgehead atoms. The molecule has 4 heterocycles. The Kier molecular flexibility index (Phi) is 8.47. The molecule has 0 radical (unpaired) electrons. The number of pyridine rings is 1. The van der Waals surface area contributed by atoms with Crippen LogP contribution >= 0.6 is 0 Å². The van der Waals surface area contributed by atoms with Gasteiger partial charge in [-0.2, -0.15) is 4.98 Å². The zero-order valence-corrected chi connectivity index (χ0v) is 25.5. The highest BCUT2D eigenvalue weighted by molar-refractivity contribution is 5.94. The van der Waals surface area contributed by atoms with Crippen molar-refractivity contribution in [3.63, 3.8) is 0 Å². The van der Waals surface area contributed by atoms with Crippen molar-refractivity contribution in [1.29, 1.82) is 0 Å². The fourth-order valence-electron chi connectivity index (χ4n) is 7.55. The molecule has 1 saturated carbocycles. The summed E-state index contributed by atoms with van der Waals surface area (Å²) in [4.78, 5) is 29.1. The lowest BCUT2D eigenvalue weighted by Gasteiger charge is -2.46. The Morgan fingerprint density at radius 2 is 1.79 bits per heavy atom. The van der Waals surface area contributed by atoms with Gasteiger partial charge in [0.2, 0.25) is 5.95 Å². The minimum absolute atomic E-state index is 0.0760. The zero-order valence-electron chi connectivity index (χ0n) is 25.5. The first-order valence-electron chi connectivity index (χ1n) is 15.8. The van der Waals surface area contributed by atoms with E-state index >= 15 is 0 Å². The number of nitrogens with one attached hydrogen (secondary N) is 1. The molecule has 2 aromatic heterocycles. The summed E-state index contributed by atoms with van der Waals surface area (Å²) in [6, 6.07) is 12.2. The average molecular weight is 571 g/mol. The molecule has 1 aromatic carbocycles. The first-order chi connectivity index (χ1) is 20.5. The van der Waals surface area contributed by atoms with E-state index in [1.165, 1.54) is 38.5 Å². The van der Waals surface area contributed by atoms with E-state index in [1.807, 2.05) is 54.0 Å². The predicted molar refractivity (Wildman–Crippen MR) is 170 cm³/mol. The summed E-state index contributed by atoms with van der Waals surface area (Å²) in [6.45, 7) is 4.13. The van der Waals surface area contributed by atoms with Gasteiger partial charge in [-0.3, -0.25) is 4.79 Å². The van der Waals surface area contributed by atoms with Gasteiger partial charge in [-0.25, -0.2) is 4.52 Å². The van der Waals surface area contributed by atoms with Crippen molar-refractivity contribution in [2.45, 2.75) is 63.8 Å². The van der Waals surface area contributed by atoms with Crippen LogP contribution in [0, 0.1) is 11.3 Å². The maximum Gasteiger partial charge on any atom is 0.253 e. The Morgan fingerprint density at radius 1 is 1.07 bits per heavy atom. The second-order valence-corrected chi connectivity index (χ2v) is 12.7. The number of carbonyl (C=O) groups is 1. The third-order valence-electron chi connectivity index (χ3n) is 10.3. The van der Waals surface area contributed by atoms with E-state index in [0.717, 1.165) is 68.4 Å². The molecule has 9 heteroatoms. The lowest BCUT2D eigenvalue weighted by atomic mass is 9.66. The fourth-order valence-corrected chi connectivity index (χ4v) is 7.55. The number of carbonyl (C=O) groups excluding carboxylic acids is 1. The van der Waals surface area contributed by atoms with Crippen LogP contribution in [0.1, 0.15) is 68.1 Å². The zero-order chi connectivity index (χ0) is 29.1. The summed E-state index contributed by atoms with van der Waals surface area (Å²) in [6.07, 6.45) is 15.1. The average Bonchev–Trinajstić information content (AvgIpc) is 3.71. The molecule has 42 heavy (non-hydrogen) atoms. The number of hydrogen-bond donors (Lipinski definition) is 1. The molecule has 2 saturated heterocycles. The molecule has 6 rings (SSSR count). The Morgan fingerprint density at radius 3 is 2.48 bits per heavy atom. The maximum absolute atomic E-state index is 13.1. The van der Waals surface area contributed by atoms with Crippen molar-refractivity contribution in [2.75, 3.05) is 57.5 Å². The van der Waals surface area contributed by atoms with Crippen LogP contribution in [0.5, 0.6) is 0 Å². The summed E-state index contributed by atoms with van der Waals surface area (Å²) < 4.78 is 1.87. The van der Waals surface area contributed by atoms with Crippen molar-refractivity contribution >= 4 is 35.1 Å². The van der Waals surface area contributed by atoms with Crippen LogP contribution in [-0.4, -0.2) is 89.9 Å². The Hall–Kier alpha value is -3.46. The first kappa shape index (κ1) is 28.6. The number of aromatic nitrogens is 3. The summed E-state index contributed by atoms with van der Waals surface area (Å²) in [7, 11) is 5.97. The Balaban J connectivity index is 1.12. The van der Waals surface area contributed by atoms with E-state index in [4.69, 9.17) is 10.1 Å². The summed E-state index contributed by atoms with van der Waals surface area (Å²) in [5, 5.41) is 8.07. The molecule has 1 N–H and O–H groups in total. The molecule has 3 fully saturated rings. The van der Waals surface area contributed by atoms with Crippen LogP contribution in [0.3, 0.4) is 0 Å². The van der Waals surface area contributed by atoms with Gasteiger partial charge in [0.15, 0.2) is 5.65 Å². The number of rotatable bonds is 8. The maximum atomic E-state index is 13.1. The van der Waals surface area contributed by atoms with Gasteiger partial charge < -0.3 is 25.0 Å². The van der Waals surface area contributed by atoms with Gasteiger partial charge in [0.25, 0.3) is 5.91 Å². The number of benzene rings is 1. The van der Waals surface area contributed by atoms with E-state index < -0.39 is 0 Å². The quantitative estimate of drug-likeness (QED) is 0.360. The van der Waals surface area contributed by atoms with E-state index in [-0.39, 0.29) is 5.91 Å². The molecule has 2 aliphatic heterocycles. The highest BCUT2D eigenvalue weighted by atomic mass is 16.2. The minimum Gasteiger partial charge on any atom is -0.368 e. The summed E-state index contributed by atoms with van der Waals surface area (Å²) >= 11 is 0. The van der Waals surface area contributed by atoms with Crippen LogP contribution < -0.4 is 10.2 Å². The molecule has 9 nitrogen and oxygen atoms in total. The van der Waals surface area contributed by atoms with Crippen LogP contribution in [-0.2, 0) is 0 Å². The standard InChI is InChI=1S/C33H46N8O/c1-34-19-16-33(26-7-4-5-8-26)17-23-40(24-18-33)29-9-6-20-41-30(29)36-32(37-41)35-27-12-10-25(11-13-27)31(42)39(3)28-14-21-38(2)22-15-28/h6,9-13,19-20,26,28H,4-5,7-8,14-18,21-24H2,1-3H3,(H,35,37)/b34-19-. The fraction of sp³-hybridized carbons (Fsp3) is 0.576. The molecule has 1 aliphatic carbocycles. The van der Waals surface area contributed by atoms with Gasteiger partial charge >= 0.3 is 0 Å². The van der Waals surface area contributed by atoms with Crippen molar-refractivity contribution in [3.05, 3.63) is 48.2 Å². The molecule has 0 spiro atoms. The lowest BCUT2D eigenvalue weighted by Crippen LogP contribution is -2.44. The minimum atomic E-state index is 0.0760. The number of fused-ring (bicyclic) bond motifs is 1. The summed E-state index contributed by atoms with van der Waals surface area (Å²) in [5.41, 5.74) is 3.96. The number of amides is 1. The Labute approximate surface area is 250 Å². The number of anilines is 3. The number of hydrogen-bond acceptors (Lipinski definition) is 7. The number of aliphatic imine (C=N–C) groups is 1. The van der Waals surface area contributed by atoms with Crippen LogP contribution in [0.4, 0.5) is 17.3 Å². The predicted octanol–water partition coefficient (Wildman–Crippen LogP) is 5.51. The smallest absolute Gasteiger partial charge is 0.253 e. The van der Waals surface area contributed by atoms with Gasteiger partial charge in [0.05, 0.1) is 5.69 Å². The van der Waals surface area contributed by atoms with Gasteiger partial charge in [0, 0.05) is 50.7 Å². The number of likely N-dealkylation sites (tertiary alicyclic amines) is 1. The first-order valence-corrected chi connectivity index (χ1v) is 15.8. The number of piperidine rings is 2. The molecule has 0 atom stereocenters. The Bertz CT molecular complexity index is 1380. The van der Waals surface area contributed by atoms with Gasteiger partial charge in [0.1, 0.15) is 0 Å². The van der Waals surface area contributed by atoms with Gasteiger partial charge in [-0.05, 0) is 119 Å². The second kappa shape index (κ2) is 12.4. The van der Waals surface area contributed by atoms with Gasteiger partial charge in [-0.1, -0.05) is 12.8 Å².